The molecule has 4 rings (SSSR count). The molecule has 0 aliphatic heterocycles. The average molecular weight is 596 g/mol. The normalized spacial score (nSPS) is 11.9. The van der Waals surface area contributed by atoms with Crippen LogP contribution in [0.3, 0.4) is 0 Å². The molecule has 0 saturated heterocycles. The van der Waals surface area contributed by atoms with Crippen LogP contribution >= 0.6 is 45.9 Å². The highest BCUT2D eigenvalue weighted by Crippen LogP contribution is 2.33. The van der Waals surface area contributed by atoms with Gasteiger partial charge in [0, 0.05) is 35.4 Å². The van der Waals surface area contributed by atoms with Crippen LogP contribution in [0.25, 0.3) is 10.6 Å². The Morgan fingerprint density at radius 3 is 2.14 bits per heavy atom. The summed E-state index contributed by atoms with van der Waals surface area (Å²) in [5, 5.41) is 2.87. The summed E-state index contributed by atoms with van der Waals surface area (Å²) in [6.45, 7) is -0.856. The van der Waals surface area contributed by atoms with E-state index in [-0.39, 0.29) is 32.1 Å². The van der Waals surface area contributed by atoms with Gasteiger partial charge in [0.05, 0.1) is 27.7 Å². The first-order valence-corrected chi connectivity index (χ1v) is 12.6. The van der Waals surface area contributed by atoms with E-state index in [9.17, 15) is 31.1 Å². The Kier molecular flexibility index (Phi) is 7.75. The summed E-state index contributed by atoms with van der Waals surface area (Å²) in [5.74, 6) is -11.7. The molecule has 2 aromatic carbocycles. The molecular weight excluding hydrogens is 583 g/mol. The van der Waals surface area contributed by atoms with Crippen molar-refractivity contribution >= 4 is 57.5 Å². The van der Waals surface area contributed by atoms with Crippen LogP contribution in [-0.2, 0) is 6.54 Å². The van der Waals surface area contributed by atoms with E-state index in [1.54, 1.807) is 19.5 Å². The van der Waals surface area contributed by atoms with E-state index < -0.39 is 47.0 Å². The van der Waals surface area contributed by atoms with Gasteiger partial charge >= 0.3 is 0 Å². The monoisotopic (exact) mass is 595 g/mol. The predicted octanol–water partition coefficient (Wildman–Crippen LogP) is 7.40. The van der Waals surface area contributed by atoms with Crippen molar-refractivity contribution < 1.29 is 31.1 Å². The Morgan fingerprint density at radius 2 is 1.54 bits per heavy atom. The Labute approximate surface area is 223 Å². The van der Waals surface area contributed by atoms with Gasteiger partial charge in [0.25, 0.3) is 5.91 Å². The number of hydrogen-bond acceptors (Lipinski definition) is 4. The largest absolute Gasteiger partial charge is 0.345 e. The van der Waals surface area contributed by atoms with E-state index in [0.29, 0.717) is 10.4 Å². The van der Waals surface area contributed by atoms with Crippen molar-refractivity contribution in [2.75, 3.05) is 14.1 Å². The second kappa shape index (κ2) is 10.5. The zero-order valence-electron chi connectivity index (χ0n) is 18.7. The van der Waals surface area contributed by atoms with Crippen LogP contribution in [0, 0.1) is 34.9 Å². The Bertz CT molecular complexity index is 1560. The number of amides is 1. The van der Waals surface area contributed by atoms with Crippen LogP contribution in [0.5, 0.6) is 0 Å². The molecule has 0 atom stereocenters. The van der Waals surface area contributed by atoms with Crippen molar-refractivity contribution in [2.24, 2.45) is 4.99 Å². The lowest BCUT2D eigenvalue weighted by molar-refractivity contribution is 0.0828. The van der Waals surface area contributed by atoms with Crippen LogP contribution in [0.1, 0.15) is 15.9 Å². The number of nitrogens with zero attached hydrogens (tertiary/aromatic N) is 3. The minimum absolute atomic E-state index is 0.000672. The van der Waals surface area contributed by atoms with Gasteiger partial charge in [0.15, 0.2) is 33.9 Å². The van der Waals surface area contributed by atoms with Crippen LogP contribution in [0.2, 0.25) is 10.0 Å². The third kappa shape index (κ3) is 5.15. The molecule has 4 nitrogen and oxygen atoms in total. The molecule has 1 amide bonds. The van der Waals surface area contributed by atoms with E-state index in [4.69, 9.17) is 23.2 Å². The molecule has 2 heterocycles. The van der Waals surface area contributed by atoms with Crippen molar-refractivity contribution in [3.8, 4) is 10.6 Å². The first kappa shape index (κ1) is 27.2. The fraction of sp³-hybridized carbons (Fsp3) is 0.130. The molecular formula is C23H13Cl2F6N3OS2. The summed E-state index contributed by atoms with van der Waals surface area (Å²) in [7, 11) is 3.10. The predicted molar refractivity (Wildman–Crippen MR) is 131 cm³/mol. The summed E-state index contributed by atoms with van der Waals surface area (Å²) >= 11 is 13.9. The van der Waals surface area contributed by atoms with Gasteiger partial charge < -0.3 is 9.47 Å². The third-order valence-corrected chi connectivity index (χ3v) is 7.43. The van der Waals surface area contributed by atoms with Gasteiger partial charge in [-0.3, -0.25) is 4.79 Å². The third-order valence-electron chi connectivity index (χ3n) is 5.11. The standard InChI is InChI=1S/C23H13Cl2F6N3OS2/c1-33(2)22(35)9-3-15(36-7-9)14-8-37-23(32-21-12(25)4-10(24)5-13(21)26)34(14)6-11-16(27)18(29)20(31)19(30)17(11)28/h3-5,7-8H,6H2,1-2H3. The number of aromatic nitrogens is 1. The fourth-order valence-electron chi connectivity index (χ4n) is 3.29. The average Bonchev–Trinajstić information content (AvgIpc) is 3.48. The maximum absolute atomic E-state index is 14.6. The zero-order valence-corrected chi connectivity index (χ0v) is 21.8. The van der Waals surface area contributed by atoms with Crippen molar-refractivity contribution in [1.29, 1.82) is 0 Å². The van der Waals surface area contributed by atoms with Gasteiger partial charge in [-0.2, -0.15) is 0 Å². The molecule has 2 aromatic heterocycles. The summed E-state index contributed by atoms with van der Waals surface area (Å²) in [4.78, 5) is 18.2. The zero-order chi connectivity index (χ0) is 27.2. The van der Waals surface area contributed by atoms with Crippen molar-refractivity contribution in [3.05, 3.63) is 89.8 Å². The minimum atomic E-state index is -2.29. The van der Waals surface area contributed by atoms with Crippen molar-refractivity contribution in [2.45, 2.75) is 6.54 Å². The Hall–Kier alpha value is -2.80. The molecule has 0 aliphatic carbocycles. The molecule has 0 aliphatic rings. The van der Waals surface area contributed by atoms with Crippen LogP contribution in [-0.4, -0.2) is 29.5 Å². The van der Waals surface area contributed by atoms with Crippen molar-refractivity contribution in [3.63, 3.8) is 0 Å². The quantitative estimate of drug-likeness (QED) is 0.134. The number of thiazole rings is 1. The van der Waals surface area contributed by atoms with Gasteiger partial charge in [-0.05, 0) is 18.2 Å². The van der Waals surface area contributed by atoms with Gasteiger partial charge in [0.2, 0.25) is 5.82 Å². The lowest BCUT2D eigenvalue weighted by Gasteiger charge is -2.12. The van der Waals surface area contributed by atoms with E-state index in [0.717, 1.165) is 33.3 Å². The first-order valence-electron chi connectivity index (χ1n) is 10.1. The van der Waals surface area contributed by atoms with Crippen LogP contribution in [0.4, 0.5) is 32.0 Å². The van der Waals surface area contributed by atoms with Gasteiger partial charge in [-0.25, -0.2) is 31.3 Å². The summed E-state index contributed by atoms with van der Waals surface area (Å²) in [6.07, 6.45) is 0. The molecule has 0 unspecified atom stereocenters. The SMILES string of the molecule is CN(C)C(=O)c1csc(-c2csc(=Nc3c(F)cc(Cl)cc3Cl)n2Cc2c(F)c(F)c(F)c(F)c2F)c1. The van der Waals surface area contributed by atoms with E-state index in [1.165, 1.54) is 22.4 Å². The Balaban J connectivity index is 1.96. The highest BCUT2D eigenvalue weighted by molar-refractivity contribution is 7.14. The summed E-state index contributed by atoms with van der Waals surface area (Å²) in [5.41, 5.74) is -0.924. The fourth-order valence-corrected chi connectivity index (χ4v) is 5.69. The summed E-state index contributed by atoms with van der Waals surface area (Å²) in [6, 6.07) is 3.68. The van der Waals surface area contributed by atoms with Gasteiger partial charge in [-0.1, -0.05) is 23.2 Å². The number of hydrogen-bond donors (Lipinski definition) is 0. The second-order valence-electron chi connectivity index (χ2n) is 7.77. The number of thiophene rings is 1. The van der Waals surface area contributed by atoms with E-state index >= 15 is 0 Å². The van der Waals surface area contributed by atoms with E-state index in [1.807, 2.05) is 0 Å². The number of halogens is 8. The molecule has 0 radical (unpaired) electrons. The molecule has 0 bridgehead atoms. The number of carbonyl (C=O) groups is 1. The van der Waals surface area contributed by atoms with E-state index in [2.05, 4.69) is 4.99 Å². The topological polar surface area (TPSA) is 37.6 Å². The smallest absolute Gasteiger partial charge is 0.254 e. The molecule has 14 heteroatoms. The first-order chi connectivity index (χ1) is 17.4. The van der Waals surface area contributed by atoms with Gasteiger partial charge in [0.1, 0.15) is 5.69 Å². The molecule has 0 saturated carbocycles. The maximum Gasteiger partial charge on any atom is 0.254 e. The highest BCUT2D eigenvalue weighted by Gasteiger charge is 2.27. The number of carbonyl (C=O) groups excluding carboxylic acids is 1. The molecule has 0 fully saturated rings. The maximum atomic E-state index is 14.6. The Morgan fingerprint density at radius 1 is 0.919 bits per heavy atom. The molecule has 0 N–H and O–H groups in total. The van der Waals surface area contributed by atoms with Crippen molar-refractivity contribution in [1.82, 2.24) is 9.47 Å². The minimum Gasteiger partial charge on any atom is -0.345 e. The number of benzene rings is 2. The lowest BCUT2D eigenvalue weighted by Crippen LogP contribution is -2.21. The molecule has 37 heavy (non-hydrogen) atoms. The summed E-state index contributed by atoms with van der Waals surface area (Å²) < 4.78 is 86.2. The highest BCUT2D eigenvalue weighted by atomic mass is 35.5. The second-order valence-corrected chi connectivity index (χ2v) is 10.4. The molecule has 4 aromatic rings. The van der Waals surface area contributed by atoms with Gasteiger partial charge in [-0.15, -0.1) is 22.7 Å². The lowest BCUT2D eigenvalue weighted by atomic mass is 10.1. The molecule has 0 spiro atoms. The van der Waals surface area contributed by atoms with Crippen LogP contribution < -0.4 is 4.80 Å². The van der Waals surface area contributed by atoms with Crippen LogP contribution in [0.15, 0.2) is 34.0 Å². The molecule has 194 valence electrons. The number of rotatable bonds is 5.